The molecule has 4 aromatic rings. The number of nitrogens with one attached hydrogen (secondary N) is 3. The van der Waals surface area contributed by atoms with Crippen LogP contribution < -0.4 is 15.4 Å². The molecular formula is C30H41FN10OS. The standard InChI is InChI=1S/C28H35FN10OS.C2H6/c1-18(2)40-25-24(20-12-32-33-13-20)31-17-39-26(25)35-27(36-39)34-23-4-3-21(9-22(23)29)41-38-8-6-28(16-38)5-7-37(15-28)14-19-10-30-11-19;1-2/h3-4,9,12-13,17-19,30H,5-8,10-11,14-16H2,1-2H3,(H,32,33)(H,34,36);1-2H3. The second-order valence-electron chi connectivity index (χ2n) is 11.8. The number of hydrogen-bond acceptors (Lipinski definition) is 10. The van der Waals surface area contributed by atoms with Crippen molar-refractivity contribution in [1.29, 1.82) is 0 Å². The average molecular weight is 609 g/mol. The SMILES string of the molecule is CC.CC(C)Oc1c(-c2cn[nH]c2)ncn2nc(Nc3ccc(SN4CCC5(CCN(CC6CNC6)C5)C4)cc3F)nc12. The third kappa shape index (κ3) is 6.49. The fraction of sp³-hybridized carbons (Fsp3) is 0.533. The largest absolute Gasteiger partial charge is 0.485 e. The highest BCUT2D eigenvalue weighted by Gasteiger charge is 2.44. The third-order valence-electron chi connectivity index (χ3n) is 8.20. The summed E-state index contributed by atoms with van der Waals surface area (Å²) in [5.74, 6) is 1.22. The Hall–Kier alpha value is -3.26. The summed E-state index contributed by atoms with van der Waals surface area (Å²) in [7, 11) is 0. The van der Waals surface area contributed by atoms with Gasteiger partial charge in [0.15, 0.2) is 5.75 Å². The lowest BCUT2D eigenvalue weighted by Gasteiger charge is -2.32. The lowest BCUT2D eigenvalue weighted by molar-refractivity contribution is 0.201. The first-order valence-electron chi connectivity index (χ1n) is 15.3. The molecule has 6 heterocycles. The fourth-order valence-electron chi connectivity index (χ4n) is 6.07. The molecule has 230 valence electrons. The van der Waals surface area contributed by atoms with E-state index in [2.05, 4.69) is 45.1 Å². The summed E-state index contributed by atoms with van der Waals surface area (Å²) >= 11 is 1.65. The number of aromatic nitrogens is 6. The molecule has 1 atom stereocenters. The molecule has 3 aliphatic rings. The Morgan fingerprint density at radius 2 is 2.02 bits per heavy atom. The van der Waals surface area contributed by atoms with Gasteiger partial charge in [-0.25, -0.2) is 13.7 Å². The van der Waals surface area contributed by atoms with Gasteiger partial charge in [-0.2, -0.15) is 14.6 Å². The zero-order chi connectivity index (χ0) is 30.0. The number of halogens is 1. The Balaban J connectivity index is 0.00000161. The second-order valence-corrected chi connectivity index (χ2v) is 12.9. The molecule has 11 nitrogen and oxygen atoms in total. The van der Waals surface area contributed by atoms with Crippen LogP contribution in [0, 0.1) is 17.2 Å². The number of hydrogen-bond donors (Lipinski definition) is 3. The molecule has 0 radical (unpaired) electrons. The Labute approximate surface area is 256 Å². The van der Waals surface area contributed by atoms with Crippen LogP contribution in [0.4, 0.5) is 16.0 Å². The number of fused-ring (bicyclic) bond motifs is 1. The van der Waals surface area contributed by atoms with Crippen LogP contribution in [0.2, 0.25) is 0 Å². The molecule has 3 fully saturated rings. The lowest BCUT2D eigenvalue weighted by Crippen LogP contribution is -2.48. The summed E-state index contributed by atoms with van der Waals surface area (Å²) in [4.78, 5) is 12.7. The zero-order valence-corrected chi connectivity index (χ0v) is 26.1. The van der Waals surface area contributed by atoms with Crippen molar-refractivity contribution in [3.8, 4) is 17.0 Å². The first-order chi connectivity index (χ1) is 20.9. The van der Waals surface area contributed by atoms with Gasteiger partial charge in [0.25, 0.3) is 0 Å². The Bertz CT molecular complexity index is 1520. The van der Waals surface area contributed by atoms with Crippen LogP contribution in [-0.2, 0) is 0 Å². The molecule has 3 N–H and O–H groups in total. The molecule has 3 aliphatic heterocycles. The van der Waals surface area contributed by atoms with E-state index in [-0.39, 0.29) is 17.9 Å². The maximum absolute atomic E-state index is 15.3. The van der Waals surface area contributed by atoms with E-state index < -0.39 is 0 Å². The maximum Gasteiger partial charge on any atom is 0.247 e. The van der Waals surface area contributed by atoms with Crippen molar-refractivity contribution >= 4 is 29.2 Å². The van der Waals surface area contributed by atoms with Gasteiger partial charge < -0.3 is 20.3 Å². The minimum absolute atomic E-state index is 0.104. The number of rotatable bonds is 9. The topological polar surface area (TPSA) is 112 Å². The van der Waals surface area contributed by atoms with Crippen LogP contribution in [-0.4, -0.2) is 90.9 Å². The van der Waals surface area contributed by atoms with Crippen LogP contribution in [0.25, 0.3) is 16.9 Å². The highest BCUT2D eigenvalue weighted by atomic mass is 32.2. The van der Waals surface area contributed by atoms with E-state index in [1.165, 1.54) is 37.0 Å². The smallest absolute Gasteiger partial charge is 0.247 e. The molecule has 1 aromatic carbocycles. The second kappa shape index (κ2) is 12.8. The van der Waals surface area contributed by atoms with Gasteiger partial charge in [-0.1, -0.05) is 13.8 Å². The van der Waals surface area contributed by atoms with Crippen molar-refractivity contribution in [1.82, 2.24) is 44.3 Å². The number of aromatic amines is 1. The molecule has 0 amide bonds. The molecule has 0 bridgehead atoms. The van der Waals surface area contributed by atoms with Crippen molar-refractivity contribution < 1.29 is 9.13 Å². The Morgan fingerprint density at radius 1 is 1.19 bits per heavy atom. The van der Waals surface area contributed by atoms with Crippen LogP contribution in [0.3, 0.4) is 0 Å². The highest BCUT2D eigenvalue weighted by molar-refractivity contribution is 7.97. The number of ether oxygens (including phenoxy) is 1. The van der Waals surface area contributed by atoms with Gasteiger partial charge in [-0.15, -0.1) is 5.10 Å². The quantitative estimate of drug-likeness (QED) is 0.228. The Morgan fingerprint density at radius 3 is 2.74 bits per heavy atom. The summed E-state index contributed by atoms with van der Waals surface area (Å²) in [6.07, 6.45) is 7.35. The summed E-state index contributed by atoms with van der Waals surface area (Å²) in [6, 6.07) is 5.29. The van der Waals surface area contributed by atoms with Gasteiger partial charge in [0.2, 0.25) is 11.6 Å². The van der Waals surface area contributed by atoms with Crippen molar-refractivity contribution in [3.63, 3.8) is 0 Å². The monoisotopic (exact) mass is 608 g/mol. The van der Waals surface area contributed by atoms with Gasteiger partial charge in [0, 0.05) is 55.9 Å². The molecule has 1 spiro atoms. The van der Waals surface area contributed by atoms with E-state index >= 15 is 4.39 Å². The molecule has 1 unspecified atom stereocenters. The molecule has 43 heavy (non-hydrogen) atoms. The first-order valence-corrected chi connectivity index (χ1v) is 16.0. The van der Waals surface area contributed by atoms with E-state index in [4.69, 9.17) is 4.74 Å². The van der Waals surface area contributed by atoms with Gasteiger partial charge >= 0.3 is 0 Å². The van der Waals surface area contributed by atoms with Crippen molar-refractivity contribution in [2.24, 2.45) is 11.3 Å². The minimum atomic E-state index is -0.347. The number of H-pyrrole nitrogens is 1. The number of nitrogens with zero attached hydrogens (tertiary/aromatic N) is 7. The van der Waals surface area contributed by atoms with Gasteiger partial charge in [-0.3, -0.25) is 5.10 Å². The van der Waals surface area contributed by atoms with E-state index in [9.17, 15) is 0 Å². The Kier molecular flexibility index (Phi) is 8.85. The van der Waals surface area contributed by atoms with Crippen LogP contribution >= 0.6 is 11.9 Å². The van der Waals surface area contributed by atoms with Gasteiger partial charge in [-0.05, 0) is 74.7 Å². The summed E-state index contributed by atoms with van der Waals surface area (Å²) in [5, 5.41) is 17.7. The highest BCUT2D eigenvalue weighted by Crippen LogP contribution is 2.43. The van der Waals surface area contributed by atoms with Crippen molar-refractivity contribution in [2.45, 2.75) is 51.5 Å². The molecule has 7 rings (SSSR count). The zero-order valence-electron chi connectivity index (χ0n) is 25.3. The average Bonchev–Trinajstić information content (AvgIpc) is 3.78. The fourth-order valence-corrected chi connectivity index (χ4v) is 7.18. The van der Waals surface area contributed by atoms with Crippen molar-refractivity contribution in [3.05, 3.63) is 42.7 Å². The molecule has 0 saturated carbocycles. The first kappa shape index (κ1) is 29.8. The number of anilines is 2. The van der Waals surface area contributed by atoms with Gasteiger partial charge in [0.1, 0.15) is 17.8 Å². The van der Waals surface area contributed by atoms with Crippen molar-refractivity contribution in [2.75, 3.05) is 51.1 Å². The van der Waals surface area contributed by atoms with Crippen LogP contribution in [0.1, 0.15) is 40.5 Å². The summed E-state index contributed by atoms with van der Waals surface area (Å²) in [5.41, 5.74) is 2.56. The van der Waals surface area contributed by atoms with E-state index in [1.807, 2.05) is 33.8 Å². The molecule has 3 aromatic heterocycles. The summed E-state index contributed by atoms with van der Waals surface area (Å²) in [6.45, 7) is 15.9. The number of benzene rings is 1. The van der Waals surface area contributed by atoms with Gasteiger partial charge in [0.05, 0.1) is 18.0 Å². The normalized spacial score (nSPS) is 21.0. The summed E-state index contributed by atoms with van der Waals surface area (Å²) < 4.78 is 25.3. The minimum Gasteiger partial charge on any atom is -0.485 e. The van der Waals surface area contributed by atoms with E-state index in [0.717, 1.165) is 42.6 Å². The third-order valence-corrected chi connectivity index (χ3v) is 9.23. The molecule has 3 saturated heterocycles. The molecule has 0 aliphatic carbocycles. The predicted molar refractivity (Wildman–Crippen MR) is 167 cm³/mol. The molecule has 13 heteroatoms. The van der Waals surface area contributed by atoms with Crippen LogP contribution in [0.5, 0.6) is 5.75 Å². The molecular weight excluding hydrogens is 567 g/mol. The van der Waals surface area contributed by atoms with E-state index in [0.29, 0.717) is 28.2 Å². The lowest BCUT2D eigenvalue weighted by atomic mass is 9.86. The maximum atomic E-state index is 15.3. The van der Waals surface area contributed by atoms with Crippen LogP contribution in [0.15, 0.2) is 41.8 Å². The number of likely N-dealkylation sites (tertiary alicyclic amines) is 1. The van der Waals surface area contributed by atoms with E-state index in [1.54, 1.807) is 42.8 Å². The predicted octanol–water partition coefficient (Wildman–Crippen LogP) is 4.83.